The first-order chi connectivity index (χ1) is 32.6. The van der Waals surface area contributed by atoms with E-state index in [0.717, 1.165) is 103 Å². The molecule has 1 aliphatic rings. The van der Waals surface area contributed by atoms with E-state index in [2.05, 4.69) is 36.3 Å². The molecule has 0 unspecified atom stereocenters. The highest BCUT2D eigenvalue weighted by atomic mass is 35.5. The first kappa shape index (κ1) is 52.9. The van der Waals surface area contributed by atoms with Crippen molar-refractivity contribution in [1.29, 1.82) is 0 Å². The third-order valence-electron chi connectivity index (χ3n) is 10.9. The van der Waals surface area contributed by atoms with Gasteiger partial charge in [0.25, 0.3) is 0 Å². The molecular formula is C51H70ClN5O10. The lowest BCUT2D eigenvalue weighted by Gasteiger charge is -2.26. The van der Waals surface area contributed by atoms with Crippen LogP contribution in [-0.4, -0.2) is 137 Å². The number of carbonyl (C=O) groups is 3. The molecule has 2 heterocycles. The highest BCUT2D eigenvalue weighted by molar-refractivity contribution is 6.17. The zero-order valence-electron chi connectivity index (χ0n) is 39.6. The fourth-order valence-electron chi connectivity index (χ4n) is 7.21. The van der Waals surface area contributed by atoms with Gasteiger partial charge in [-0.05, 0) is 59.7 Å². The molecule has 1 fully saturated rings. The normalized spacial score (nSPS) is 13.3. The molecule has 3 aromatic carbocycles. The number of aromatic nitrogens is 2. The number of fused-ring (bicyclic) bond motifs is 1. The molecular weight excluding hydrogens is 878 g/mol. The van der Waals surface area contributed by atoms with Gasteiger partial charge in [0.2, 0.25) is 0 Å². The van der Waals surface area contributed by atoms with Crippen molar-refractivity contribution in [2.45, 2.75) is 71.3 Å². The van der Waals surface area contributed by atoms with Crippen molar-refractivity contribution in [2.75, 3.05) is 105 Å². The number of halogens is 1. The van der Waals surface area contributed by atoms with Crippen molar-refractivity contribution in [1.82, 2.24) is 25.3 Å². The Balaban J connectivity index is 0.996. The molecule has 1 aromatic heterocycles. The Morgan fingerprint density at radius 3 is 2.30 bits per heavy atom. The number of benzene rings is 3. The minimum atomic E-state index is -0.570. The Labute approximate surface area is 400 Å². The summed E-state index contributed by atoms with van der Waals surface area (Å²) in [7, 11) is 0. The second-order valence-corrected chi connectivity index (χ2v) is 17.6. The molecule has 0 spiro atoms. The Kier molecular flexibility index (Phi) is 23.4. The van der Waals surface area contributed by atoms with Gasteiger partial charge in [0.15, 0.2) is 0 Å². The van der Waals surface area contributed by atoms with E-state index in [0.29, 0.717) is 45.5 Å². The topological polar surface area (TPSA) is 161 Å². The number of rotatable bonds is 30. The molecule has 5 rings (SSSR count). The number of carbonyl (C=O) groups excluding carboxylic acids is 3. The number of hydrogen-bond acceptors (Lipinski definition) is 12. The molecule has 2 amide bonds. The van der Waals surface area contributed by atoms with Gasteiger partial charge in [0, 0.05) is 68.9 Å². The van der Waals surface area contributed by atoms with E-state index in [1.807, 2.05) is 71.4 Å². The quantitative estimate of drug-likeness (QED) is 0.0298. The molecule has 0 atom stereocenters. The van der Waals surface area contributed by atoms with E-state index in [9.17, 15) is 14.4 Å². The van der Waals surface area contributed by atoms with E-state index in [-0.39, 0.29) is 57.0 Å². The molecule has 0 saturated carbocycles. The summed E-state index contributed by atoms with van der Waals surface area (Å²) in [5.41, 5.74) is 3.99. The number of nitrogens with one attached hydrogen (secondary N) is 2. The number of alkyl halides is 1. The highest BCUT2D eigenvalue weighted by Crippen LogP contribution is 2.30. The zero-order valence-corrected chi connectivity index (χ0v) is 40.3. The van der Waals surface area contributed by atoms with E-state index < -0.39 is 12.2 Å². The van der Waals surface area contributed by atoms with Crippen molar-refractivity contribution in [2.24, 2.45) is 0 Å². The lowest BCUT2D eigenvalue weighted by Crippen LogP contribution is -2.38. The minimum absolute atomic E-state index is 0.0562. The monoisotopic (exact) mass is 947 g/mol. The predicted molar refractivity (Wildman–Crippen MR) is 260 cm³/mol. The van der Waals surface area contributed by atoms with Crippen molar-refractivity contribution in [3.05, 3.63) is 101 Å². The van der Waals surface area contributed by atoms with Crippen LogP contribution < -0.4 is 15.4 Å². The van der Waals surface area contributed by atoms with Crippen LogP contribution in [0.1, 0.15) is 69.0 Å². The maximum Gasteiger partial charge on any atom is 0.407 e. The first-order valence-corrected chi connectivity index (χ1v) is 24.0. The number of ether oxygens (including phenoxy) is 7. The second kappa shape index (κ2) is 29.7. The number of alkyl carbamates (subject to hydrolysis) is 2. The van der Waals surface area contributed by atoms with Crippen molar-refractivity contribution in [3.8, 4) is 11.4 Å². The fourth-order valence-corrected chi connectivity index (χ4v) is 7.40. The van der Waals surface area contributed by atoms with Crippen LogP contribution in [0.25, 0.3) is 16.5 Å². The maximum absolute atomic E-state index is 13.9. The van der Waals surface area contributed by atoms with Gasteiger partial charge < -0.3 is 43.8 Å². The molecule has 15 nitrogen and oxygen atoms in total. The summed E-state index contributed by atoms with van der Waals surface area (Å²) in [6.07, 6.45) is 7.04. The van der Waals surface area contributed by atoms with E-state index >= 15 is 0 Å². The smallest absolute Gasteiger partial charge is 0.407 e. The van der Waals surface area contributed by atoms with Gasteiger partial charge in [-0.25, -0.2) is 14.3 Å². The lowest BCUT2D eigenvalue weighted by molar-refractivity contribution is -0.117. The molecule has 1 aliphatic heterocycles. The number of ketones is 1. The van der Waals surface area contributed by atoms with Crippen LogP contribution in [0.3, 0.4) is 0 Å². The number of unbranched alkanes of at least 4 members (excludes halogenated alkanes) is 3. The number of nitrogens with zero attached hydrogens (tertiary/aromatic N) is 3. The van der Waals surface area contributed by atoms with Gasteiger partial charge in [-0.2, -0.15) is 5.10 Å². The molecule has 0 bridgehead atoms. The first-order valence-electron chi connectivity index (χ1n) is 23.5. The molecule has 1 saturated heterocycles. The Bertz CT molecular complexity index is 2130. The van der Waals surface area contributed by atoms with Gasteiger partial charge in [0.1, 0.15) is 31.4 Å². The highest BCUT2D eigenvalue weighted by Gasteiger charge is 2.23. The molecule has 366 valence electrons. The average Bonchev–Trinajstić information content (AvgIpc) is 3.76. The van der Waals surface area contributed by atoms with Gasteiger partial charge in [-0.15, -0.1) is 11.6 Å². The summed E-state index contributed by atoms with van der Waals surface area (Å²) in [6, 6.07) is 21.8. The van der Waals surface area contributed by atoms with Crippen LogP contribution >= 0.6 is 11.6 Å². The Morgan fingerprint density at radius 2 is 1.49 bits per heavy atom. The summed E-state index contributed by atoms with van der Waals surface area (Å²) >= 11 is 5.67. The van der Waals surface area contributed by atoms with Gasteiger partial charge in [0.05, 0.1) is 63.3 Å². The van der Waals surface area contributed by atoms with Crippen LogP contribution in [0.2, 0.25) is 0 Å². The van der Waals surface area contributed by atoms with Gasteiger partial charge in [-0.3, -0.25) is 9.69 Å². The number of hydrogen-bond donors (Lipinski definition) is 2. The molecule has 16 heteroatoms. The second-order valence-electron chi connectivity index (χ2n) is 17.2. The van der Waals surface area contributed by atoms with Crippen LogP contribution in [-0.2, 0) is 58.0 Å². The van der Waals surface area contributed by atoms with Crippen LogP contribution in [0.15, 0.2) is 78.9 Å². The summed E-state index contributed by atoms with van der Waals surface area (Å²) in [4.78, 5) is 40.6. The largest absolute Gasteiger partial charge is 0.492 e. The summed E-state index contributed by atoms with van der Waals surface area (Å²) in [5, 5.41) is 12.4. The van der Waals surface area contributed by atoms with E-state index in [4.69, 9.17) is 49.9 Å². The Hall–Kier alpha value is -5.03. The number of amides is 2. The van der Waals surface area contributed by atoms with Crippen molar-refractivity contribution >= 4 is 40.3 Å². The molecule has 67 heavy (non-hydrogen) atoms. The van der Waals surface area contributed by atoms with Crippen LogP contribution in [0.4, 0.5) is 9.59 Å². The third kappa shape index (κ3) is 19.6. The van der Waals surface area contributed by atoms with Crippen LogP contribution in [0.5, 0.6) is 5.75 Å². The summed E-state index contributed by atoms with van der Waals surface area (Å²) in [6.45, 7) is 14.3. The number of Topliss-reactive ketones (excluding diaryl/α,β-unsaturated/α-hetero) is 1. The SMILES string of the molecule is CC(C)(C)c1cc(CC(=O)Cc2ccc(OCCN3CCOCC3)c3ccccc23)n(-c2cccc(CNC(=O)OC/C=C/COCCOC(=O)NCCOCCOCCCCCCCl)c2)n1. The predicted octanol–water partition coefficient (Wildman–Crippen LogP) is 7.75. The molecule has 4 aromatic rings. The standard InChI is InChI=1S/C51H70ClN5O10/c1-51(2,3)48-38-43(37-44(58)36-41-17-18-47(46-16-7-6-15-45(41)46)65-30-23-56-21-28-64-29-22-56)57(55-48)42-14-12-13-40(35-42)39-54-50(60)66-26-11-10-25-62-33-34-67-49(59)53-20-27-63-32-31-61-24-9-5-4-8-19-52/h6-7,10-18,35,38H,4-5,8-9,19-34,36-37,39H2,1-3H3,(H,53,59)(H,54,60)/b11-10+. The summed E-state index contributed by atoms with van der Waals surface area (Å²) in [5.74, 6) is 1.59. The van der Waals surface area contributed by atoms with E-state index in [1.165, 1.54) is 0 Å². The molecule has 0 aliphatic carbocycles. The van der Waals surface area contributed by atoms with Crippen molar-refractivity contribution in [3.63, 3.8) is 0 Å². The fraction of sp³-hybridized carbons (Fsp3) is 0.529. The minimum Gasteiger partial charge on any atom is -0.492 e. The van der Waals surface area contributed by atoms with Gasteiger partial charge in [-0.1, -0.05) is 82.2 Å². The Morgan fingerprint density at radius 1 is 0.746 bits per heavy atom. The third-order valence-corrected chi connectivity index (χ3v) is 11.1. The molecule has 2 N–H and O–H groups in total. The average molecular weight is 949 g/mol. The summed E-state index contributed by atoms with van der Waals surface area (Å²) < 4.78 is 40.4. The van der Waals surface area contributed by atoms with Crippen LogP contribution in [0, 0.1) is 0 Å². The number of morpholine rings is 1. The molecule has 0 radical (unpaired) electrons. The lowest BCUT2D eigenvalue weighted by atomic mass is 9.92. The maximum atomic E-state index is 13.9. The van der Waals surface area contributed by atoms with Gasteiger partial charge >= 0.3 is 12.2 Å². The van der Waals surface area contributed by atoms with E-state index in [1.54, 1.807) is 12.2 Å². The van der Waals surface area contributed by atoms with Crippen molar-refractivity contribution < 1.29 is 47.5 Å². The zero-order chi connectivity index (χ0) is 47.5.